The third kappa shape index (κ3) is 4.39. The van der Waals surface area contributed by atoms with Gasteiger partial charge in [0.2, 0.25) is 0 Å². The smallest absolute Gasteiger partial charge is 0.271 e. The first-order valence-corrected chi connectivity index (χ1v) is 10.3. The van der Waals surface area contributed by atoms with Crippen molar-refractivity contribution in [2.24, 2.45) is 0 Å². The van der Waals surface area contributed by atoms with E-state index in [4.69, 9.17) is 4.74 Å². The second-order valence-corrected chi connectivity index (χ2v) is 9.06. The summed E-state index contributed by atoms with van der Waals surface area (Å²) in [5.41, 5.74) is 0.552. The minimum atomic E-state index is -3.72. The van der Waals surface area contributed by atoms with Gasteiger partial charge >= 0.3 is 0 Å². The highest BCUT2D eigenvalue weighted by molar-refractivity contribution is 7.94. The number of rotatable bonds is 6. The molecule has 1 aliphatic rings. The molecule has 25 heavy (non-hydrogen) atoms. The third-order valence-electron chi connectivity index (χ3n) is 3.91. The summed E-state index contributed by atoms with van der Waals surface area (Å²) in [5, 5.41) is 2.81. The van der Waals surface area contributed by atoms with E-state index in [2.05, 4.69) is 10.0 Å². The van der Waals surface area contributed by atoms with Gasteiger partial charge in [0.15, 0.2) is 0 Å². The van der Waals surface area contributed by atoms with Crippen LogP contribution in [0, 0.1) is 6.92 Å². The highest BCUT2D eigenvalue weighted by Gasteiger charge is 2.21. The molecule has 3 rings (SSSR count). The SMILES string of the molecule is Cc1ccc(S(=O)(=O)Nc2ccccc2C(=O)NCC2CCCO2)s1. The number of nitrogens with one attached hydrogen (secondary N) is 2. The molecule has 1 aromatic heterocycles. The summed E-state index contributed by atoms with van der Waals surface area (Å²) in [7, 11) is -3.72. The van der Waals surface area contributed by atoms with E-state index in [0.717, 1.165) is 24.3 Å². The first kappa shape index (κ1) is 17.9. The molecular weight excluding hydrogens is 360 g/mol. The topological polar surface area (TPSA) is 84.5 Å². The lowest BCUT2D eigenvalue weighted by Crippen LogP contribution is -2.32. The van der Waals surface area contributed by atoms with E-state index in [0.29, 0.717) is 6.54 Å². The summed E-state index contributed by atoms with van der Waals surface area (Å²) < 4.78 is 33.2. The Balaban J connectivity index is 1.75. The minimum absolute atomic E-state index is 0.0295. The molecule has 1 fully saturated rings. The zero-order chi connectivity index (χ0) is 17.9. The molecule has 0 aliphatic carbocycles. The van der Waals surface area contributed by atoms with E-state index >= 15 is 0 Å². The fourth-order valence-electron chi connectivity index (χ4n) is 2.63. The molecule has 2 N–H and O–H groups in total. The van der Waals surface area contributed by atoms with Gasteiger partial charge in [0, 0.05) is 18.0 Å². The summed E-state index contributed by atoms with van der Waals surface area (Å²) in [4.78, 5) is 13.4. The van der Waals surface area contributed by atoms with Crippen LogP contribution in [0.1, 0.15) is 28.1 Å². The molecule has 1 saturated heterocycles. The van der Waals surface area contributed by atoms with Crippen LogP contribution in [0.4, 0.5) is 5.69 Å². The Morgan fingerprint density at radius 1 is 1.28 bits per heavy atom. The summed E-state index contributed by atoms with van der Waals surface area (Å²) in [6.07, 6.45) is 1.95. The van der Waals surface area contributed by atoms with E-state index in [1.165, 1.54) is 11.3 Å². The van der Waals surface area contributed by atoms with Crippen LogP contribution >= 0.6 is 11.3 Å². The second kappa shape index (κ2) is 7.55. The molecule has 1 atom stereocenters. The highest BCUT2D eigenvalue weighted by Crippen LogP contribution is 2.25. The van der Waals surface area contributed by atoms with E-state index in [1.807, 2.05) is 6.92 Å². The summed E-state index contributed by atoms with van der Waals surface area (Å²) >= 11 is 1.19. The molecule has 1 amide bonds. The molecule has 6 nitrogen and oxygen atoms in total. The number of amides is 1. The van der Waals surface area contributed by atoms with Gasteiger partial charge in [0.25, 0.3) is 15.9 Å². The number of anilines is 1. The molecule has 1 aliphatic heterocycles. The number of hydrogen-bond donors (Lipinski definition) is 2. The van der Waals surface area contributed by atoms with Crippen LogP contribution in [0.2, 0.25) is 0 Å². The number of para-hydroxylation sites is 1. The van der Waals surface area contributed by atoms with Gasteiger partial charge in [-0.3, -0.25) is 9.52 Å². The zero-order valence-corrected chi connectivity index (χ0v) is 15.5. The average Bonchev–Trinajstić information content (AvgIpc) is 3.24. The summed E-state index contributed by atoms with van der Waals surface area (Å²) in [6, 6.07) is 9.88. The zero-order valence-electron chi connectivity index (χ0n) is 13.8. The fourth-order valence-corrected chi connectivity index (χ4v) is 4.99. The number of thiophene rings is 1. The Hall–Kier alpha value is -1.90. The van der Waals surface area contributed by atoms with E-state index < -0.39 is 10.0 Å². The van der Waals surface area contributed by atoms with Crippen molar-refractivity contribution in [3.63, 3.8) is 0 Å². The van der Waals surface area contributed by atoms with Gasteiger partial charge in [-0.05, 0) is 44.0 Å². The quantitative estimate of drug-likeness (QED) is 0.807. The fraction of sp³-hybridized carbons (Fsp3) is 0.353. The standard InChI is InChI=1S/C17H20N2O4S2/c1-12-8-9-16(24-12)25(21,22)19-15-7-3-2-6-14(15)17(20)18-11-13-5-4-10-23-13/h2-3,6-9,13,19H,4-5,10-11H2,1H3,(H,18,20). The number of carbonyl (C=O) groups excluding carboxylic acids is 1. The maximum absolute atomic E-state index is 12.5. The molecule has 8 heteroatoms. The average molecular weight is 380 g/mol. The van der Waals surface area contributed by atoms with Gasteiger partial charge < -0.3 is 10.1 Å². The number of ether oxygens (including phenoxy) is 1. The molecular formula is C17H20N2O4S2. The van der Waals surface area contributed by atoms with Gasteiger partial charge in [0.1, 0.15) is 4.21 Å². The van der Waals surface area contributed by atoms with Crippen LogP contribution in [0.5, 0.6) is 0 Å². The Morgan fingerprint density at radius 2 is 2.08 bits per heavy atom. The van der Waals surface area contributed by atoms with Crippen molar-refractivity contribution in [3.8, 4) is 0 Å². The van der Waals surface area contributed by atoms with Crippen molar-refractivity contribution >= 4 is 33.0 Å². The van der Waals surface area contributed by atoms with Crippen LogP contribution in [-0.2, 0) is 14.8 Å². The van der Waals surface area contributed by atoms with Crippen LogP contribution in [0.15, 0.2) is 40.6 Å². The largest absolute Gasteiger partial charge is 0.376 e. The van der Waals surface area contributed by atoms with Crippen molar-refractivity contribution < 1.29 is 17.9 Å². The Morgan fingerprint density at radius 3 is 2.76 bits per heavy atom. The predicted octanol–water partition coefficient (Wildman–Crippen LogP) is 2.77. The van der Waals surface area contributed by atoms with Crippen molar-refractivity contribution in [2.75, 3.05) is 17.9 Å². The maximum atomic E-state index is 12.5. The van der Waals surface area contributed by atoms with Gasteiger partial charge in [-0.25, -0.2) is 8.42 Å². The van der Waals surface area contributed by atoms with E-state index in [-0.39, 0.29) is 27.5 Å². The molecule has 2 aromatic rings. The molecule has 0 radical (unpaired) electrons. The lowest BCUT2D eigenvalue weighted by molar-refractivity contribution is 0.0858. The molecule has 0 bridgehead atoms. The van der Waals surface area contributed by atoms with Gasteiger partial charge in [0.05, 0.1) is 17.4 Å². The number of benzene rings is 1. The lowest BCUT2D eigenvalue weighted by atomic mass is 10.1. The Bertz CT molecular complexity index is 855. The summed E-state index contributed by atoms with van der Waals surface area (Å²) in [5.74, 6) is -0.323. The molecule has 1 unspecified atom stereocenters. The monoisotopic (exact) mass is 380 g/mol. The summed E-state index contributed by atoms with van der Waals surface area (Å²) in [6.45, 7) is 2.98. The number of hydrogen-bond acceptors (Lipinski definition) is 5. The van der Waals surface area contributed by atoms with Crippen LogP contribution < -0.4 is 10.0 Å². The first-order chi connectivity index (χ1) is 12.0. The second-order valence-electron chi connectivity index (χ2n) is 5.86. The maximum Gasteiger partial charge on any atom is 0.271 e. The van der Waals surface area contributed by atoms with E-state index in [9.17, 15) is 13.2 Å². The molecule has 0 saturated carbocycles. The Labute approximate surface area is 151 Å². The van der Waals surface area contributed by atoms with Crippen molar-refractivity contribution in [3.05, 3.63) is 46.8 Å². The molecule has 1 aromatic carbocycles. The molecule has 2 heterocycles. The number of sulfonamides is 1. The lowest BCUT2D eigenvalue weighted by Gasteiger charge is -2.14. The van der Waals surface area contributed by atoms with Crippen LogP contribution in [0.3, 0.4) is 0 Å². The van der Waals surface area contributed by atoms with Gasteiger partial charge in [-0.15, -0.1) is 11.3 Å². The third-order valence-corrected chi connectivity index (χ3v) is 6.77. The first-order valence-electron chi connectivity index (χ1n) is 8.04. The number of carbonyl (C=O) groups is 1. The molecule has 134 valence electrons. The van der Waals surface area contributed by atoms with Crippen LogP contribution in [-0.4, -0.2) is 33.6 Å². The van der Waals surface area contributed by atoms with E-state index in [1.54, 1.807) is 36.4 Å². The van der Waals surface area contributed by atoms with Crippen molar-refractivity contribution in [1.29, 1.82) is 0 Å². The van der Waals surface area contributed by atoms with Crippen molar-refractivity contribution in [1.82, 2.24) is 5.32 Å². The highest BCUT2D eigenvalue weighted by atomic mass is 32.2. The van der Waals surface area contributed by atoms with Crippen molar-refractivity contribution in [2.45, 2.75) is 30.1 Å². The van der Waals surface area contributed by atoms with Gasteiger partial charge in [-0.1, -0.05) is 12.1 Å². The Kier molecular flexibility index (Phi) is 5.41. The molecule has 0 spiro atoms. The number of aryl methyl sites for hydroxylation is 1. The predicted molar refractivity (Wildman–Crippen MR) is 97.6 cm³/mol. The normalized spacial score (nSPS) is 17.4. The van der Waals surface area contributed by atoms with Gasteiger partial charge in [-0.2, -0.15) is 0 Å². The van der Waals surface area contributed by atoms with Crippen LogP contribution in [0.25, 0.3) is 0 Å². The minimum Gasteiger partial charge on any atom is -0.376 e.